The fourth-order valence-electron chi connectivity index (χ4n) is 2.34. The van der Waals surface area contributed by atoms with E-state index in [0.717, 1.165) is 32.7 Å². The van der Waals surface area contributed by atoms with Gasteiger partial charge in [0, 0.05) is 26.7 Å². The molecule has 0 radical (unpaired) electrons. The maximum Gasteiger partial charge on any atom is 0.146 e. The van der Waals surface area contributed by atoms with E-state index < -0.39 is 0 Å². The highest BCUT2D eigenvalue weighted by molar-refractivity contribution is 5.49. The minimum atomic E-state index is -0.144. The van der Waals surface area contributed by atoms with Gasteiger partial charge in [0.25, 0.3) is 0 Å². The number of unbranched alkanes of at least 4 members (excludes halogenated alkanes) is 1. The van der Waals surface area contributed by atoms with Crippen molar-refractivity contribution in [3.8, 4) is 0 Å². The van der Waals surface area contributed by atoms with Gasteiger partial charge < -0.3 is 10.2 Å². The normalized spacial score (nSPS) is 11.1. The monoisotopic (exact) mass is 295 g/mol. The largest absolute Gasteiger partial charge is 0.371 e. The number of likely N-dealkylation sites (N-methyl/N-ethyl adjacent to an activating group) is 2. The molecule has 3 nitrogen and oxygen atoms in total. The van der Waals surface area contributed by atoms with Crippen LogP contribution in [0.5, 0.6) is 0 Å². The molecular weight excluding hydrogens is 265 g/mol. The second-order valence-electron chi connectivity index (χ2n) is 5.53. The van der Waals surface area contributed by atoms with Crippen LogP contribution in [0.15, 0.2) is 18.2 Å². The summed E-state index contributed by atoms with van der Waals surface area (Å²) in [7, 11) is 3.85. The highest BCUT2D eigenvalue weighted by Gasteiger charge is 2.10. The van der Waals surface area contributed by atoms with Crippen LogP contribution in [0.4, 0.5) is 10.1 Å². The van der Waals surface area contributed by atoms with Crippen molar-refractivity contribution in [1.82, 2.24) is 10.2 Å². The zero-order valence-corrected chi connectivity index (χ0v) is 14.0. The van der Waals surface area contributed by atoms with Gasteiger partial charge in [0.2, 0.25) is 0 Å². The van der Waals surface area contributed by atoms with Gasteiger partial charge in [0.1, 0.15) is 5.82 Å². The first kappa shape index (κ1) is 17.9. The lowest BCUT2D eigenvalue weighted by molar-refractivity contribution is 0.275. The molecule has 0 saturated heterocycles. The Bertz CT molecular complexity index is 409. The van der Waals surface area contributed by atoms with Crippen molar-refractivity contribution >= 4 is 5.69 Å². The van der Waals surface area contributed by atoms with Crippen LogP contribution in [0, 0.1) is 5.82 Å². The van der Waals surface area contributed by atoms with E-state index in [4.69, 9.17) is 0 Å². The quantitative estimate of drug-likeness (QED) is 0.715. The minimum absolute atomic E-state index is 0.144. The molecule has 1 rings (SSSR count). The molecule has 0 saturated carbocycles. The Morgan fingerprint density at radius 2 is 1.95 bits per heavy atom. The molecule has 0 fully saturated rings. The minimum Gasteiger partial charge on any atom is -0.371 e. The van der Waals surface area contributed by atoms with Gasteiger partial charge >= 0.3 is 0 Å². The van der Waals surface area contributed by atoms with Crippen LogP contribution >= 0.6 is 0 Å². The predicted octanol–water partition coefficient (Wildman–Crippen LogP) is 3.10. The molecule has 21 heavy (non-hydrogen) atoms. The lowest BCUT2D eigenvalue weighted by atomic mass is 10.1. The second kappa shape index (κ2) is 9.74. The molecule has 120 valence electrons. The third-order valence-corrected chi connectivity index (χ3v) is 3.80. The highest BCUT2D eigenvalue weighted by atomic mass is 19.1. The van der Waals surface area contributed by atoms with E-state index in [0.29, 0.717) is 5.69 Å². The van der Waals surface area contributed by atoms with E-state index in [1.165, 1.54) is 18.4 Å². The Labute approximate surface area is 129 Å². The third kappa shape index (κ3) is 6.02. The van der Waals surface area contributed by atoms with Gasteiger partial charge in [-0.25, -0.2) is 4.39 Å². The number of halogens is 1. The van der Waals surface area contributed by atoms with Crippen LogP contribution in [0.1, 0.15) is 32.3 Å². The summed E-state index contributed by atoms with van der Waals surface area (Å²) < 4.78 is 14.0. The zero-order chi connectivity index (χ0) is 15.7. The molecule has 0 aliphatic rings. The van der Waals surface area contributed by atoms with Crippen LogP contribution in [-0.4, -0.2) is 45.2 Å². The third-order valence-electron chi connectivity index (χ3n) is 3.80. The first-order chi connectivity index (χ1) is 10.1. The molecule has 0 atom stereocenters. The number of benzene rings is 1. The Kier molecular flexibility index (Phi) is 8.31. The number of nitrogens with one attached hydrogen (secondary N) is 1. The maximum absolute atomic E-state index is 14.0. The van der Waals surface area contributed by atoms with Gasteiger partial charge in [-0.15, -0.1) is 0 Å². The Morgan fingerprint density at radius 3 is 2.57 bits per heavy atom. The average molecular weight is 295 g/mol. The molecule has 0 aliphatic heterocycles. The molecule has 0 aliphatic carbocycles. The fourth-order valence-corrected chi connectivity index (χ4v) is 2.34. The summed E-state index contributed by atoms with van der Waals surface area (Å²) >= 11 is 0. The van der Waals surface area contributed by atoms with E-state index in [-0.39, 0.29) is 5.82 Å². The van der Waals surface area contributed by atoms with Crippen molar-refractivity contribution in [3.63, 3.8) is 0 Å². The number of nitrogens with zero attached hydrogens (tertiary/aromatic N) is 2. The summed E-state index contributed by atoms with van der Waals surface area (Å²) in [6.45, 7) is 9.06. The summed E-state index contributed by atoms with van der Waals surface area (Å²) in [4.78, 5) is 4.38. The molecule has 1 aromatic carbocycles. The van der Waals surface area contributed by atoms with Crippen LogP contribution < -0.4 is 10.2 Å². The molecule has 1 N–H and O–H groups in total. The molecular formula is C17H30FN3. The standard InChI is InChI=1S/C17H30FN3/c1-5-7-11-21(6-2)14-15-8-9-16(18)17(13-15)20(4)12-10-19-3/h8-9,13,19H,5-7,10-12,14H2,1-4H3. The molecule has 1 aromatic rings. The van der Waals surface area contributed by atoms with E-state index in [1.807, 2.05) is 31.1 Å². The lowest BCUT2D eigenvalue weighted by Crippen LogP contribution is -2.28. The van der Waals surface area contributed by atoms with Gasteiger partial charge in [-0.3, -0.25) is 4.90 Å². The van der Waals surface area contributed by atoms with E-state index in [2.05, 4.69) is 24.1 Å². The summed E-state index contributed by atoms with van der Waals surface area (Å²) in [5.74, 6) is -0.144. The Hall–Kier alpha value is -1.13. The SMILES string of the molecule is CCCCN(CC)Cc1ccc(F)c(N(C)CCNC)c1. The Balaban J connectivity index is 2.75. The van der Waals surface area contributed by atoms with Crippen molar-refractivity contribution in [3.05, 3.63) is 29.6 Å². The first-order valence-electron chi connectivity index (χ1n) is 7.98. The topological polar surface area (TPSA) is 18.5 Å². The van der Waals surface area contributed by atoms with Crippen molar-refractivity contribution in [2.45, 2.75) is 33.2 Å². The summed E-state index contributed by atoms with van der Waals surface area (Å²) in [6, 6.07) is 5.48. The number of hydrogen-bond acceptors (Lipinski definition) is 3. The highest BCUT2D eigenvalue weighted by Crippen LogP contribution is 2.20. The molecule has 0 spiro atoms. The first-order valence-corrected chi connectivity index (χ1v) is 7.98. The molecule has 0 heterocycles. The number of hydrogen-bond donors (Lipinski definition) is 1. The van der Waals surface area contributed by atoms with Gasteiger partial charge in [-0.2, -0.15) is 0 Å². The van der Waals surface area contributed by atoms with Gasteiger partial charge in [-0.1, -0.05) is 26.3 Å². The lowest BCUT2D eigenvalue weighted by Gasteiger charge is -2.23. The Morgan fingerprint density at radius 1 is 1.19 bits per heavy atom. The molecule has 4 heteroatoms. The van der Waals surface area contributed by atoms with Crippen LogP contribution in [0.3, 0.4) is 0 Å². The maximum atomic E-state index is 14.0. The summed E-state index contributed by atoms with van der Waals surface area (Å²) in [6.07, 6.45) is 2.42. The summed E-state index contributed by atoms with van der Waals surface area (Å²) in [5.41, 5.74) is 1.87. The van der Waals surface area contributed by atoms with Crippen molar-refractivity contribution in [2.75, 3.05) is 45.2 Å². The van der Waals surface area contributed by atoms with Crippen molar-refractivity contribution < 1.29 is 4.39 Å². The predicted molar refractivity (Wildman–Crippen MR) is 89.5 cm³/mol. The van der Waals surface area contributed by atoms with Crippen molar-refractivity contribution in [2.24, 2.45) is 0 Å². The van der Waals surface area contributed by atoms with E-state index >= 15 is 0 Å². The van der Waals surface area contributed by atoms with Crippen LogP contribution in [-0.2, 0) is 6.54 Å². The number of rotatable bonds is 10. The van der Waals surface area contributed by atoms with Gasteiger partial charge in [0.05, 0.1) is 5.69 Å². The van der Waals surface area contributed by atoms with Crippen molar-refractivity contribution in [1.29, 1.82) is 0 Å². The van der Waals surface area contributed by atoms with E-state index in [1.54, 1.807) is 6.07 Å². The smallest absolute Gasteiger partial charge is 0.146 e. The second-order valence-corrected chi connectivity index (χ2v) is 5.53. The van der Waals surface area contributed by atoms with E-state index in [9.17, 15) is 4.39 Å². The molecule has 0 aromatic heterocycles. The molecule has 0 amide bonds. The average Bonchev–Trinajstić information content (AvgIpc) is 2.50. The zero-order valence-electron chi connectivity index (χ0n) is 14.0. The van der Waals surface area contributed by atoms with Crippen LogP contribution in [0.25, 0.3) is 0 Å². The van der Waals surface area contributed by atoms with Gasteiger partial charge in [-0.05, 0) is 44.3 Å². The van der Waals surface area contributed by atoms with Gasteiger partial charge in [0.15, 0.2) is 0 Å². The van der Waals surface area contributed by atoms with Crippen LogP contribution in [0.2, 0.25) is 0 Å². The fraction of sp³-hybridized carbons (Fsp3) is 0.647. The molecule has 0 bridgehead atoms. The molecule has 0 unspecified atom stereocenters. The number of anilines is 1. The summed E-state index contributed by atoms with van der Waals surface area (Å²) in [5, 5.41) is 3.09.